The first kappa shape index (κ1) is 27.6. The number of nitrogens with one attached hydrogen (secondary N) is 1. The molecule has 3 aliphatic heterocycles. The smallest absolute Gasteiger partial charge is 0.306 e. The molecule has 0 atom stereocenters. The molecule has 0 bridgehead atoms. The van der Waals surface area contributed by atoms with Crippen LogP contribution >= 0.6 is 11.6 Å². The van der Waals surface area contributed by atoms with Crippen LogP contribution in [0.15, 0.2) is 58.9 Å². The summed E-state index contributed by atoms with van der Waals surface area (Å²) in [5.74, 6) is -2.61. The standard InChI is InChI=1S/C29H28ClF2N3O5/c30-18-14-25-24(33-16-18)4-6-27(36)35(25)20-7-10-34(11-8-20)29(39)21-3-1-17(13-23(21)32)22-15-19(31)2-5-26(22)40-12-9-28(37)38/h1-3,5,13-15,20,33H,4,6-12,16H2,(H,37,38). The first-order valence-corrected chi connectivity index (χ1v) is 13.5. The number of likely N-dealkylation sites (tertiary alicyclic amines) is 1. The Morgan fingerprint density at radius 2 is 1.88 bits per heavy atom. The SMILES string of the molecule is O=C(O)CCOc1ccc(F)cc1-c1ccc(C(=O)N2CCC(N3C(=O)CCC4=C3C=C(Cl)CN4)CC2)c(F)c1. The number of allylic oxidation sites excluding steroid dienone is 2. The molecule has 1 saturated heterocycles. The largest absolute Gasteiger partial charge is 0.492 e. The zero-order chi connectivity index (χ0) is 28.4. The molecule has 0 aliphatic carbocycles. The molecule has 5 rings (SSSR count). The van der Waals surface area contributed by atoms with Crippen molar-refractivity contribution < 1.29 is 33.0 Å². The predicted octanol–water partition coefficient (Wildman–Crippen LogP) is 4.65. The highest BCUT2D eigenvalue weighted by molar-refractivity contribution is 6.30. The van der Waals surface area contributed by atoms with Crippen LogP contribution in [0.5, 0.6) is 5.75 Å². The van der Waals surface area contributed by atoms with Gasteiger partial charge < -0.3 is 25.0 Å². The summed E-state index contributed by atoms with van der Waals surface area (Å²) in [6.07, 6.45) is 3.72. The fourth-order valence-corrected chi connectivity index (χ4v) is 5.51. The first-order chi connectivity index (χ1) is 19.2. The Labute approximate surface area is 234 Å². The minimum Gasteiger partial charge on any atom is -0.492 e. The molecule has 0 saturated carbocycles. The van der Waals surface area contributed by atoms with E-state index >= 15 is 4.39 Å². The number of benzene rings is 2. The van der Waals surface area contributed by atoms with E-state index in [-0.39, 0.29) is 47.4 Å². The second-order valence-electron chi connectivity index (χ2n) is 9.92. The lowest BCUT2D eigenvalue weighted by Crippen LogP contribution is -2.50. The van der Waals surface area contributed by atoms with Gasteiger partial charge in [0.25, 0.3) is 5.91 Å². The lowest BCUT2D eigenvalue weighted by Gasteiger charge is -2.42. The average molecular weight is 572 g/mol. The van der Waals surface area contributed by atoms with Crippen LogP contribution in [0, 0.1) is 11.6 Å². The molecule has 0 radical (unpaired) electrons. The average Bonchev–Trinajstić information content (AvgIpc) is 2.93. The van der Waals surface area contributed by atoms with Crippen LogP contribution in [0.4, 0.5) is 8.78 Å². The number of hydrogen-bond acceptors (Lipinski definition) is 5. The number of nitrogens with zero attached hydrogens (tertiary/aromatic N) is 2. The van der Waals surface area contributed by atoms with Crippen LogP contribution in [0.3, 0.4) is 0 Å². The number of piperidine rings is 1. The summed E-state index contributed by atoms with van der Waals surface area (Å²) >= 11 is 6.23. The molecule has 2 N–H and O–H groups in total. The molecule has 2 amide bonds. The number of hydrogen-bond donors (Lipinski definition) is 2. The molecule has 3 aliphatic rings. The Bertz CT molecular complexity index is 1420. The van der Waals surface area contributed by atoms with E-state index in [4.69, 9.17) is 21.4 Å². The van der Waals surface area contributed by atoms with E-state index in [0.717, 1.165) is 17.5 Å². The zero-order valence-electron chi connectivity index (χ0n) is 21.6. The number of rotatable bonds is 7. The van der Waals surface area contributed by atoms with Crippen LogP contribution in [-0.2, 0) is 9.59 Å². The number of carboxylic acids is 1. The molecule has 40 heavy (non-hydrogen) atoms. The van der Waals surface area contributed by atoms with Crippen LogP contribution < -0.4 is 10.1 Å². The number of carbonyl (C=O) groups is 3. The van der Waals surface area contributed by atoms with E-state index in [1.807, 2.05) is 6.08 Å². The lowest BCUT2D eigenvalue weighted by atomic mass is 9.96. The molecule has 11 heteroatoms. The van der Waals surface area contributed by atoms with Gasteiger partial charge in [-0.2, -0.15) is 0 Å². The van der Waals surface area contributed by atoms with E-state index in [2.05, 4.69) is 5.32 Å². The van der Waals surface area contributed by atoms with Crippen molar-refractivity contribution >= 4 is 29.4 Å². The number of carbonyl (C=O) groups excluding carboxylic acids is 2. The van der Waals surface area contributed by atoms with Crippen molar-refractivity contribution in [3.8, 4) is 16.9 Å². The van der Waals surface area contributed by atoms with Crippen molar-refractivity contribution in [1.29, 1.82) is 0 Å². The van der Waals surface area contributed by atoms with Gasteiger partial charge in [-0.3, -0.25) is 14.4 Å². The van der Waals surface area contributed by atoms with Crippen LogP contribution in [0.2, 0.25) is 0 Å². The molecule has 2 aromatic rings. The van der Waals surface area contributed by atoms with Gasteiger partial charge in [0, 0.05) is 41.8 Å². The van der Waals surface area contributed by atoms with Crippen molar-refractivity contribution in [1.82, 2.24) is 15.1 Å². The topological polar surface area (TPSA) is 99.2 Å². The highest BCUT2D eigenvalue weighted by Gasteiger charge is 2.36. The molecule has 3 heterocycles. The molecule has 2 aromatic carbocycles. The highest BCUT2D eigenvalue weighted by Crippen LogP contribution is 2.34. The van der Waals surface area contributed by atoms with Crippen molar-refractivity contribution in [3.63, 3.8) is 0 Å². The number of ether oxygens (including phenoxy) is 1. The van der Waals surface area contributed by atoms with Gasteiger partial charge in [-0.15, -0.1) is 0 Å². The summed E-state index contributed by atoms with van der Waals surface area (Å²) < 4.78 is 34.7. The third-order valence-corrected chi connectivity index (χ3v) is 7.58. The summed E-state index contributed by atoms with van der Waals surface area (Å²) in [5.41, 5.74) is 2.21. The molecule has 0 unspecified atom stereocenters. The third-order valence-electron chi connectivity index (χ3n) is 7.33. The van der Waals surface area contributed by atoms with Gasteiger partial charge >= 0.3 is 5.97 Å². The highest BCUT2D eigenvalue weighted by atomic mass is 35.5. The van der Waals surface area contributed by atoms with Crippen molar-refractivity contribution in [2.45, 2.75) is 38.1 Å². The van der Waals surface area contributed by atoms with Gasteiger partial charge in [0.1, 0.15) is 17.4 Å². The van der Waals surface area contributed by atoms with Crippen molar-refractivity contribution in [2.24, 2.45) is 0 Å². The van der Waals surface area contributed by atoms with Crippen LogP contribution in [-0.4, -0.2) is 65.0 Å². The van der Waals surface area contributed by atoms with E-state index in [1.165, 1.54) is 30.3 Å². The molecule has 8 nitrogen and oxygen atoms in total. The van der Waals surface area contributed by atoms with E-state index in [0.29, 0.717) is 50.3 Å². The Morgan fingerprint density at radius 1 is 1.10 bits per heavy atom. The molecule has 1 fully saturated rings. The quantitative estimate of drug-likeness (QED) is 0.502. The fraction of sp³-hybridized carbons (Fsp3) is 0.345. The van der Waals surface area contributed by atoms with Gasteiger partial charge in [-0.25, -0.2) is 8.78 Å². The third kappa shape index (κ3) is 5.82. The van der Waals surface area contributed by atoms with Gasteiger partial charge in [-0.1, -0.05) is 17.7 Å². The van der Waals surface area contributed by atoms with Crippen molar-refractivity contribution in [3.05, 3.63) is 76.1 Å². The summed E-state index contributed by atoms with van der Waals surface area (Å²) in [6, 6.07) is 7.61. The van der Waals surface area contributed by atoms with Crippen LogP contribution in [0.25, 0.3) is 11.1 Å². The maximum atomic E-state index is 15.2. The Hall–Kier alpha value is -3.92. The van der Waals surface area contributed by atoms with Gasteiger partial charge in [0.05, 0.1) is 30.8 Å². The predicted molar refractivity (Wildman–Crippen MR) is 144 cm³/mol. The number of amides is 2. The van der Waals surface area contributed by atoms with Crippen LogP contribution in [0.1, 0.15) is 42.5 Å². The number of halogens is 3. The van der Waals surface area contributed by atoms with Crippen molar-refractivity contribution in [2.75, 3.05) is 26.2 Å². The second-order valence-corrected chi connectivity index (χ2v) is 10.4. The Balaban J connectivity index is 1.28. The van der Waals surface area contributed by atoms with E-state index in [9.17, 15) is 18.8 Å². The van der Waals surface area contributed by atoms with Gasteiger partial charge in [0.2, 0.25) is 5.91 Å². The molecular weight excluding hydrogens is 544 g/mol. The summed E-state index contributed by atoms with van der Waals surface area (Å²) in [7, 11) is 0. The second kappa shape index (κ2) is 11.7. The molecule has 210 valence electrons. The normalized spacial score (nSPS) is 17.8. The fourth-order valence-electron chi connectivity index (χ4n) is 5.34. The molecule has 0 spiro atoms. The summed E-state index contributed by atoms with van der Waals surface area (Å²) in [4.78, 5) is 40.2. The van der Waals surface area contributed by atoms with E-state index in [1.54, 1.807) is 9.80 Å². The molecule has 0 aromatic heterocycles. The zero-order valence-corrected chi connectivity index (χ0v) is 22.3. The number of dihydropyridines is 1. The maximum Gasteiger partial charge on any atom is 0.306 e. The van der Waals surface area contributed by atoms with E-state index < -0.39 is 23.5 Å². The minimum atomic E-state index is -1.04. The minimum absolute atomic E-state index is 0.0261. The lowest BCUT2D eigenvalue weighted by molar-refractivity contribution is -0.137. The maximum absolute atomic E-state index is 15.2. The van der Waals surface area contributed by atoms with Gasteiger partial charge in [0.15, 0.2) is 0 Å². The Morgan fingerprint density at radius 3 is 2.60 bits per heavy atom. The summed E-state index contributed by atoms with van der Waals surface area (Å²) in [5, 5.41) is 12.7. The monoisotopic (exact) mass is 571 g/mol. The van der Waals surface area contributed by atoms with Gasteiger partial charge in [-0.05, 0) is 61.2 Å². The number of aliphatic carboxylic acids is 1. The molecular formula is C29H28ClF2N3O5. The first-order valence-electron chi connectivity index (χ1n) is 13.1. The summed E-state index contributed by atoms with van der Waals surface area (Å²) in [6.45, 7) is 1.11. The number of carboxylic acid groups (broad SMARTS) is 1. The Kier molecular flexibility index (Phi) is 8.07.